The second-order valence-corrected chi connectivity index (χ2v) is 4.09. The summed E-state index contributed by atoms with van der Waals surface area (Å²) in [6, 6.07) is -0.305. The molecular weight excluding hydrogens is 170 g/mol. The normalized spacial score (nSPS) is 31.5. The smallest absolute Gasteiger partial charge is 0.329 e. The molecule has 13 heavy (non-hydrogen) atoms. The summed E-state index contributed by atoms with van der Waals surface area (Å²) < 4.78 is 5.07. The van der Waals surface area contributed by atoms with Crippen LogP contribution in [0.3, 0.4) is 0 Å². The molecule has 0 saturated carbocycles. The van der Waals surface area contributed by atoms with Crippen LogP contribution in [0.15, 0.2) is 0 Å². The Bertz CT molecular complexity index is 272. The number of hydrogen-bond acceptors (Lipinski definition) is 3. The Balaban J connectivity index is 2.30. The lowest BCUT2D eigenvalue weighted by atomic mass is 10.0. The van der Waals surface area contributed by atoms with Crippen LogP contribution in [0.4, 0.5) is 0 Å². The predicted octanol–water partition coefficient (Wildman–Crippen LogP) is 0.313. The number of rotatable bonds is 0. The van der Waals surface area contributed by atoms with Crippen molar-refractivity contribution in [3.8, 4) is 0 Å². The van der Waals surface area contributed by atoms with Crippen molar-refractivity contribution in [1.82, 2.24) is 4.90 Å². The zero-order valence-corrected chi connectivity index (χ0v) is 7.87. The summed E-state index contributed by atoms with van der Waals surface area (Å²) >= 11 is 0. The molecule has 1 amide bonds. The van der Waals surface area contributed by atoms with Gasteiger partial charge in [0.1, 0.15) is 6.04 Å². The van der Waals surface area contributed by atoms with Crippen LogP contribution < -0.4 is 0 Å². The Morgan fingerprint density at radius 3 is 2.85 bits per heavy atom. The fourth-order valence-corrected chi connectivity index (χ4v) is 1.96. The Morgan fingerprint density at radius 1 is 1.46 bits per heavy atom. The van der Waals surface area contributed by atoms with Crippen LogP contribution >= 0.6 is 0 Å². The zero-order chi connectivity index (χ0) is 9.64. The SMILES string of the molecule is CC1(C)OC(=O)C2CCCN2C1=O. The van der Waals surface area contributed by atoms with Gasteiger partial charge in [-0.3, -0.25) is 4.79 Å². The lowest BCUT2D eigenvalue weighted by Gasteiger charge is -2.37. The minimum Gasteiger partial charge on any atom is -0.448 e. The van der Waals surface area contributed by atoms with E-state index in [1.165, 1.54) is 0 Å². The topological polar surface area (TPSA) is 46.6 Å². The average Bonchev–Trinajstić information content (AvgIpc) is 2.47. The molecule has 2 heterocycles. The van der Waals surface area contributed by atoms with Crippen LogP contribution in [0.5, 0.6) is 0 Å². The molecule has 0 aromatic heterocycles. The molecule has 0 bridgehead atoms. The summed E-state index contributed by atoms with van der Waals surface area (Å²) in [7, 11) is 0. The van der Waals surface area contributed by atoms with E-state index < -0.39 is 5.60 Å². The molecular formula is C9H13NO3. The van der Waals surface area contributed by atoms with Crippen molar-refractivity contribution in [2.45, 2.75) is 38.3 Å². The van der Waals surface area contributed by atoms with E-state index in [0.717, 1.165) is 12.8 Å². The number of cyclic esters (lactones) is 1. The van der Waals surface area contributed by atoms with Gasteiger partial charge in [0.05, 0.1) is 0 Å². The number of amides is 1. The van der Waals surface area contributed by atoms with Gasteiger partial charge in [-0.2, -0.15) is 0 Å². The molecule has 0 N–H and O–H groups in total. The quantitative estimate of drug-likeness (QED) is 0.508. The first kappa shape index (κ1) is 8.53. The Hall–Kier alpha value is -1.06. The van der Waals surface area contributed by atoms with E-state index >= 15 is 0 Å². The van der Waals surface area contributed by atoms with Gasteiger partial charge in [0, 0.05) is 6.54 Å². The van der Waals surface area contributed by atoms with E-state index in [1.54, 1.807) is 18.7 Å². The highest BCUT2D eigenvalue weighted by molar-refractivity contribution is 5.95. The maximum absolute atomic E-state index is 11.7. The van der Waals surface area contributed by atoms with Crippen LogP contribution in [0.25, 0.3) is 0 Å². The molecule has 0 aromatic rings. The standard InChI is InChI=1S/C9H13NO3/c1-9(2)8(12)10-5-3-4-6(10)7(11)13-9/h6H,3-5H2,1-2H3. The summed E-state index contributed by atoms with van der Waals surface area (Å²) in [6.07, 6.45) is 1.66. The van der Waals surface area contributed by atoms with Crippen molar-refractivity contribution in [3.63, 3.8) is 0 Å². The van der Waals surface area contributed by atoms with Gasteiger partial charge < -0.3 is 9.64 Å². The number of morpholine rings is 1. The second-order valence-electron chi connectivity index (χ2n) is 4.09. The van der Waals surface area contributed by atoms with E-state index in [-0.39, 0.29) is 17.9 Å². The molecule has 72 valence electrons. The van der Waals surface area contributed by atoms with Crippen molar-refractivity contribution < 1.29 is 14.3 Å². The summed E-state index contributed by atoms with van der Waals surface area (Å²) in [5.41, 5.74) is -0.960. The van der Waals surface area contributed by atoms with E-state index in [2.05, 4.69) is 0 Å². The highest BCUT2D eigenvalue weighted by Crippen LogP contribution is 2.29. The first-order chi connectivity index (χ1) is 6.02. The zero-order valence-electron chi connectivity index (χ0n) is 7.87. The Kier molecular flexibility index (Phi) is 1.62. The highest BCUT2D eigenvalue weighted by atomic mass is 16.6. The van der Waals surface area contributed by atoms with Gasteiger partial charge in [-0.05, 0) is 26.7 Å². The van der Waals surface area contributed by atoms with Crippen molar-refractivity contribution in [1.29, 1.82) is 0 Å². The Labute approximate surface area is 76.8 Å². The van der Waals surface area contributed by atoms with Crippen molar-refractivity contribution in [3.05, 3.63) is 0 Å². The number of hydrogen-bond donors (Lipinski definition) is 0. The third-order valence-corrected chi connectivity index (χ3v) is 2.66. The summed E-state index contributed by atoms with van der Waals surface area (Å²) in [4.78, 5) is 24.8. The first-order valence-corrected chi connectivity index (χ1v) is 4.56. The predicted molar refractivity (Wildman–Crippen MR) is 44.9 cm³/mol. The molecule has 1 unspecified atom stereocenters. The fourth-order valence-electron chi connectivity index (χ4n) is 1.96. The lowest BCUT2D eigenvalue weighted by molar-refractivity contribution is -0.186. The van der Waals surface area contributed by atoms with Crippen molar-refractivity contribution >= 4 is 11.9 Å². The highest BCUT2D eigenvalue weighted by Gasteiger charge is 2.49. The molecule has 4 heteroatoms. The van der Waals surface area contributed by atoms with Gasteiger partial charge in [-0.25, -0.2) is 4.79 Å². The largest absolute Gasteiger partial charge is 0.448 e. The van der Waals surface area contributed by atoms with Crippen molar-refractivity contribution in [2.24, 2.45) is 0 Å². The number of nitrogens with zero attached hydrogens (tertiary/aromatic N) is 1. The van der Waals surface area contributed by atoms with Gasteiger partial charge in [-0.15, -0.1) is 0 Å². The van der Waals surface area contributed by atoms with E-state index in [0.29, 0.717) is 6.54 Å². The summed E-state index contributed by atoms with van der Waals surface area (Å²) in [5, 5.41) is 0. The van der Waals surface area contributed by atoms with Crippen LogP contribution in [-0.4, -0.2) is 35.0 Å². The van der Waals surface area contributed by atoms with Crippen molar-refractivity contribution in [2.75, 3.05) is 6.54 Å². The number of esters is 1. The van der Waals surface area contributed by atoms with Gasteiger partial charge in [-0.1, -0.05) is 0 Å². The third kappa shape index (κ3) is 1.12. The number of carbonyl (C=O) groups is 2. The van der Waals surface area contributed by atoms with Crippen LogP contribution in [-0.2, 0) is 14.3 Å². The minimum atomic E-state index is -0.960. The monoisotopic (exact) mass is 183 g/mol. The molecule has 0 spiro atoms. The molecule has 0 aliphatic carbocycles. The van der Waals surface area contributed by atoms with Gasteiger partial charge >= 0.3 is 5.97 Å². The van der Waals surface area contributed by atoms with E-state index in [4.69, 9.17) is 4.74 Å². The maximum Gasteiger partial charge on any atom is 0.329 e. The van der Waals surface area contributed by atoms with Gasteiger partial charge in [0.15, 0.2) is 5.60 Å². The molecule has 2 rings (SSSR count). The minimum absolute atomic E-state index is 0.0606. The van der Waals surface area contributed by atoms with Crippen LogP contribution in [0.1, 0.15) is 26.7 Å². The number of carbonyl (C=O) groups excluding carboxylic acids is 2. The second kappa shape index (κ2) is 2.47. The molecule has 4 nitrogen and oxygen atoms in total. The van der Waals surface area contributed by atoms with Crippen LogP contribution in [0, 0.1) is 0 Å². The molecule has 0 aromatic carbocycles. The van der Waals surface area contributed by atoms with E-state index in [1.807, 2.05) is 0 Å². The molecule has 2 aliphatic rings. The lowest BCUT2D eigenvalue weighted by Crippen LogP contribution is -2.58. The van der Waals surface area contributed by atoms with E-state index in [9.17, 15) is 9.59 Å². The maximum atomic E-state index is 11.7. The summed E-state index contributed by atoms with van der Waals surface area (Å²) in [5.74, 6) is -0.309. The number of fused-ring (bicyclic) bond motifs is 1. The molecule has 0 radical (unpaired) electrons. The first-order valence-electron chi connectivity index (χ1n) is 4.56. The summed E-state index contributed by atoms with van der Waals surface area (Å²) in [6.45, 7) is 3.98. The average molecular weight is 183 g/mol. The fraction of sp³-hybridized carbons (Fsp3) is 0.778. The molecule has 1 atom stereocenters. The van der Waals surface area contributed by atoms with Gasteiger partial charge in [0.2, 0.25) is 0 Å². The van der Waals surface area contributed by atoms with Crippen LogP contribution in [0.2, 0.25) is 0 Å². The molecule has 2 saturated heterocycles. The third-order valence-electron chi connectivity index (χ3n) is 2.66. The molecule has 2 fully saturated rings. The van der Waals surface area contributed by atoms with Gasteiger partial charge in [0.25, 0.3) is 5.91 Å². The Morgan fingerprint density at radius 2 is 2.15 bits per heavy atom. The molecule has 2 aliphatic heterocycles. The number of ether oxygens (including phenoxy) is 1.